The highest BCUT2D eigenvalue weighted by Crippen LogP contribution is 2.17. The van der Waals surface area contributed by atoms with Crippen LogP contribution in [0.3, 0.4) is 0 Å². The third-order valence-corrected chi connectivity index (χ3v) is 3.80. The number of hydrogen-bond acceptors (Lipinski definition) is 4. The van der Waals surface area contributed by atoms with Crippen molar-refractivity contribution >= 4 is 23.5 Å². The van der Waals surface area contributed by atoms with E-state index in [2.05, 4.69) is 0 Å². The van der Waals surface area contributed by atoms with Crippen LogP contribution in [0.15, 0.2) is 65.6 Å². The van der Waals surface area contributed by atoms with Gasteiger partial charge in [-0.15, -0.1) is 11.8 Å². The molecule has 2 aromatic rings. The van der Waals surface area contributed by atoms with E-state index in [4.69, 9.17) is 4.74 Å². The minimum absolute atomic E-state index is 0.136. The van der Waals surface area contributed by atoms with Crippen LogP contribution in [-0.2, 0) is 20.9 Å². The van der Waals surface area contributed by atoms with Crippen LogP contribution >= 0.6 is 11.8 Å². The van der Waals surface area contributed by atoms with Gasteiger partial charge in [0.05, 0.1) is 0 Å². The molecule has 21 heavy (non-hydrogen) atoms. The Morgan fingerprint density at radius 2 is 1.52 bits per heavy atom. The number of carbonyl (C=O) groups is 2. The lowest BCUT2D eigenvalue weighted by molar-refractivity contribution is -0.154. The van der Waals surface area contributed by atoms with E-state index in [1.54, 1.807) is 11.8 Å². The molecule has 0 bridgehead atoms. The molecule has 0 atom stereocenters. The predicted octanol–water partition coefficient (Wildman–Crippen LogP) is 3.48. The Balaban J connectivity index is 1.69. The summed E-state index contributed by atoms with van der Waals surface area (Å²) in [6.07, 6.45) is 0.188. The van der Waals surface area contributed by atoms with Gasteiger partial charge in [-0.05, 0) is 17.7 Å². The van der Waals surface area contributed by atoms with Crippen LogP contribution in [0.4, 0.5) is 0 Å². The maximum Gasteiger partial charge on any atom is 0.374 e. The summed E-state index contributed by atoms with van der Waals surface area (Å²) in [5.41, 5.74) is 0.873. The van der Waals surface area contributed by atoms with Crippen molar-refractivity contribution in [3.8, 4) is 0 Å². The summed E-state index contributed by atoms with van der Waals surface area (Å²) < 4.78 is 4.99. The third kappa shape index (κ3) is 5.44. The van der Waals surface area contributed by atoms with Gasteiger partial charge in [-0.3, -0.25) is 4.79 Å². The first-order valence-electron chi connectivity index (χ1n) is 6.67. The topological polar surface area (TPSA) is 43.4 Å². The smallest absolute Gasteiger partial charge is 0.374 e. The molecule has 0 unspecified atom stereocenters. The quantitative estimate of drug-likeness (QED) is 0.446. The molecule has 0 heterocycles. The van der Waals surface area contributed by atoms with Crippen molar-refractivity contribution in [3.05, 3.63) is 66.2 Å². The summed E-state index contributed by atoms with van der Waals surface area (Å²) in [5, 5.41) is 0. The van der Waals surface area contributed by atoms with E-state index in [0.717, 1.165) is 10.5 Å². The Hall–Kier alpha value is -2.07. The second-order valence-electron chi connectivity index (χ2n) is 4.40. The Morgan fingerprint density at radius 1 is 0.905 bits per heavy atom. The molecule has 2 rings (SSSR count). The van der Waals surface area contributed by atoms with Crippen molar-refractivity contribution in [2.75, 3.05) is 5.75 Å². The maximum atomic E-state index is 11.7. The number of esters is 1. The van der Waals surface area contributed by atoms with Gasteiger partial charge in [0.15, 0.2) is 0 Å². The molecule has 0 aliphatic heterocycles. The third-order valence-electron chi connectivity index (χ3n) is 2.78. The number of rotatable bonds is 7. The molecule has 0 aliphatic carbocycles. The fraction of sp³-hybridized carbons (Fsp3) is 0.176. The van der Waals surface area contributed by atoms with Crippen LogP contribution < -0.4 is 0 Å². The summed E-state index contributed by atoms with van der Waals surface area (Å²) in [5.74, 6) is -0.662. The minimum Gasteiger partial charge on any atom is -0.455 e. The number of ketones is 1. The second kappa shape index (κ2) is 8.27. The summed E-state index contributed by atoms with van der Waals surface area (Å²) >= 11 is 1.55. The Labute approximate surface area is 128 Å². The molecule has 0 spiro atoms. The lowest BCUT2D eigenvalue weighted by Gasteiger charge is -2.04. The SMILES string of the molecule is O=C(CCSc1ccccc1)C(=O)OCc1ccccc1. The van der Waals surface area contributed by atoms with E-state index in [1.165, 1.54) is 0 Å². The lowest BCUT2D eigenvalue weighted by Crippen LogP contribution is -2.17. The van der Waals surface area contributed by atoms with E-state index in [0.29, 0.717) is 5.75 Å². The minimum atomic E-state index is -0.757. The average molecular weight is 300 g/mol. The van der Waals surface area contributed by atoms with Gasteiger partial charge in [-0.2, -0.15) is 0 Å². The highest BCUT2D eigenvalue weighted by molar-refractivity contribution is 7.99. The molecule has 0 saturated carbocycles. The van der Waals surface area contributed by atoms with Crippen LogP contribution in [-0.4, -0.2) is 17.5 Å². The van der Waals surface area contributed by atoms with Crippen LogP contribution in [0, 0.1) is 0 Å². The average Bonchev–Trinajstić information content (AvgIpc) is 2.54. The van der Waals surface area contributed by atoms with E-state index in [9.17, 15) is 9.59 Å². The van der Waals surface area contributed by atoms with E-state index >= 15 is 0 Å². The first-order chi connectivity index (χ1) is 10.3. The van der Waals surface area contributed by atoms with Crippen molar-refractivity contribution in [2.45, 2.75) is 17.9 Å². The zero-order valence-corrected chi connectivity index (χ0v) is 12.3. The van der Waals surface area contributed by atoms with Crippen LogP contribution in [0.1, 0.15) is 12.0 Å². The molecular weight excluding hydrogens is 284 g/mol. The van der Waals surface area contributed by atoms with E-state index in [-0.39, 0.29) is 13.0 Å². The van der Waals surface area contributed by atoms with E-state index in [1.807, 2.05) is 60.7 Å². The van der Waals surface area contributed by atoms with Gasteiger partial charge in [0.25, 0.3) is 0 Å². The molecular formula is C17H16O3S. The molecule has 0 N–H and O–H groups in total. The highest BCUT2D eigenvalue weighted by Gasteiger charge is 2.15. The number of Topliss-reactive ketones (excluding diaryl/α,β-unsaturated/α-hetero) is 1. The molecule has 4 heteroatoms. The van der Waals surface area contributed by atoms with E-state index < -0.39 is 11.8 Å². The fourth-order valence-electron chi connectivity index (χ4n) is 1.68. The normalized spacial score (nSPS) is 10.1. The van der Waals surface area contributed by atoms with Gasteiger partial charge in [-0.1, -0.05) is 48.5 Å². The van der Waals surface area contributed by atoms with Crippen LogP contribution in [0.25, 0.3) is 0 Å². The first kappa shape index (κ1) is 15.3. The fourth-order valence-corrected chi connectivity index (χ4v) is 2.56. The second-order valence-corrected chi connectivity index (χ2v) is 5.56. The monoisotopic (exact) mass is 300 g/mol. The van der Waals surface area contributed by atoms with Gasteiger partial charge in [0.2, 0.25) is 5.78 Å². The van der Waals surface area contributed by atoms with Gasteiger partial charge in [0.1, 0.15) is 6.61 Å². The maximum absolute atomic E-state index is 11.7. The molecule has 0 aromatic heterocycles. The van der Waals surface area contributed by atoms with Gasteiger partial charge in [0, 0.05) is 17.1 Å². The van der Waals surface area contributed by atoms with Crippen LogP contribution in [0.5, 0.6) is 0 Å². The Morgan fingerprint density at radius 3 is 2.19 bits per heavy atom. The molecule has 0 amide bonds. The van der Waals surface area contributed by atoms with Crippen molar-refractivity contribution in [3.63, 3.8) is 0 Å². The standard InChI is InChI=1S/C17H16O3S/c18-16(11-12-21-15-9-5-2-6-10-15)17(19)20-13-14-7-3-1-4-8-14/h1-10H,11-13H2. The Kier molecular flexibility index (Phi) is 6.03. The molecule has 2 aromatic carbocycles. The Bertz CT molecular complexity index is 581. The van der Waals surface area contributed by atoms with Crippen LogP contribution in [0.2, 0.25) is 0 Å². The zero-order chi connectivity index (χ0) is 14.9. The number of benzene rings is 2. The van der Waals surface area contributed by atoms with Crippen molar-refractivity contribution < 1.29 is 14.3 Å². The summed E-state index contributed by atoms with van der Waals surface area (Å²) in [4.78, 5) is 24.3. The lowest BCUT2D eigenvalue weighted by atomic mass is 10.2. The van der Waals surface area contributed by atoms with Gasteiger partial charge in [-0.25, -0.2) is 4.79 Å². The summed E-state index contributed by atoms with van der Waals surface area (Å²) in [6.45, 7) is 0.136. The molecule has 0 fully saturated rings. The number of thioether (sulfide) groups is 1. The molecule has 0 aliphatic rings. The predicted molar refractivity (Wildman–Crippen MR) is 83.0 cm³/mol. The number of hydrogen-bond donors (Lipinski definition) is 0. The summed E-state index contributed by atoms with van der Waals surface area (Å²) in [6, 6.07) is 19.1. The molecule has 0 radical (unpaired) electrons. The van der Waals surface area contributed by atoms with Gasteiger partial charge < -0.3 is 4.74 Å². The molecule has 3 nitrogen and oxygen atoms in total. The molecule has 108 valence electrons. The van der Waals surface area contributed by atoms with Gasteiger partial charge >= 0.3 is 5.97 Å². The summed E-state index contributed by atoms with van der Waals surface area (Å²) in [7, 11) is 0. The number of carbonyl (C=O) groups excluding carboxylic acids is 2. The number of ether oxygens (including phenoxy) is 1. The van der Waals surface area contributed by atoms with Crippen molar-refractivity contribution in [2.24, 2.45) is 0 Å². The highest BCUT2D eigenvalue weighted by atomic mass is 32.2. The van der Waals surface area contributed by atoms with Crippen molar-refractivity contribution in [1.82, 2.24) is 0 Å². The largest absolute Gasteiger partial charge is 0.455 e. The first-order valence-corrected chi connectivity index (χ1v) is 7.66. The zero-order valence-electron chi connectivity index (χ0n) is 11.5. The van der Waals surface area contributed by atoms with Crippen molar-refractivity contribution in [1.29, 1.82) is 0 Å². The molecule has 0 saturated heterocycles.